The Morgan fingerprint density at radius 1 is 1.16 bits per heavy atom. The molecule has 168 valence electrons. The number of sulfonamides is 1. The zero-order valence-electron chi connectivity index (χ0n) is 17.0. The minimum absolute atomic E-state index is 0.124. The van der Waals surface area contributed by atoms with E-state index in [4.69, 9.17) is 16.3 Å². The van der Waals surface area contributed by atoms with Crippen molar-refractivity contribution in [2.24, 2.45) is 0 Å². The van der Waals surface area contributed by atoms with Crippen LogP contribution in [0.4, 0.5) is 5.00 Å². The number of carbonyl (C=O) groups is 2. The second-order valence-corrected chi connectivity index (χ2v) is 12.5. The lowest BCUT2D eigenvalue weighted by atomic mass is 9.95. The number of anilines is 1. The van der Waals surface area contributed by atoms with Crippen LogP contribution in [0.15, 0.2) is 16.3 Å². The largest absolute Gasteiger partial charge is 0.465 e. The number of amides is 1. The SMILES string of the molecule is COC(=O)c1c(NC(=O)C2CCCCN2S(=O)(=O)c2ccc(Cl)s2)sc2c1CCCC2. The standard InChI is InChI=1S/C20H23ClN2O5S3/c1-28-20(25)17-12-6-2-3-8-14(12)29-19(17)22-18(24)13-7-4-5-11-23(13)31(26,27)16-10-9-15(21)30-16/h9-10,13H,2-8,11H2,1H3,(H,22,24). The van der Waals surface area contributed by atoms with Gasteiger partial charge in [0.15, 0.2) is 0 Å². The molecule has 0 bridgehead atoms. The number of carbonyl (C=O) groups excluding carboxylic acids is 2. The van der Waals surface area contributed by atoms with Gasteiger partial charge in [-0.3, -0.25) is 4.79 Å². The Balaban J connectivity index is 1.63. The van der Waals surface area contributed by atoms with E-state index in [1.807, 2.05) is 0 Å². The van der Waals surface area contributed by atoms with Crippen LogP contribution in [0.5, 0.6) is 0 Å². The minimum Gasteiger partial charge on any atom is -0.465 e. The molecule has 1 unspecified atom stereocenters. The van der Waals surface area contributed by atoms with Crippen LogP contribution in [-0.2, 0) is 32.4 Å². The summed E-state index contributed by atoms with van der Waals surface area (Å²) >= 11 is 8.30. The predicted molar refractivity (Wildman–Crippen MR) is 122 cm³/mol. The first-order valence-electron chi connectivity index (χ1n) is 10.1. The number of esters is 1. The van der Waals surface area contributed by atoms with E-state index in [1.165, 1.54) is 34.9 Å². The first-order chi connectivity index (χ1) is 14.8. The van der Waals surface area contributed by atoms with E-state index < -0.39 is 27.9 Å². The van der Waals surface area contributed by atoms with Crippen molar-refractivity contribution >= 4 is 61.2 Å². The van der Waals surface area contributed by atoms with Crippen LogP contribution in [0.2, 0.25) is 4.34 Å². The quantitative estimate of drug-likeness (QED) is 0.615. The van der Waals surface area contributed by atoms with Crippen LogP contribution < -0.4 is 5.32 Å². The highest BCUT2D eigenvalue weighted by molar-refractivity contribution is 7.91. The lowest BCUT2D eigenvalue weighted by Crippen LogP contribution is -2.49. The maximum absolute atomic E-state index is 13.3. The van der Waals surface area contributed by atoms with Gasteiger partial charge in [-0.15, -0.1) is 22.7 Å². The zero-order valence-corrected chi connectivity index (χ0v) is 20.2. The van der Waals surface area contributed by atoms with E-state index in [0.717, 1.165) is 53.9 Å². The summed E-state index contributed by atoms with van der Waals surface area (Å²) in [6, 6.07) is 2.16. The summed E-state index contributed by atoms with van der Waals surface area (Å²) in [4.78, 5) is 26.8. The molecule has 0 radical (unpaired) electrons. The number of piperidine rings is 1. The Labute approximate surface area is 194 Å². The molecule has 4 rings (SSSR count). The highest BCUT2D eigenvalue weighted by atomic mass is 35.5. The number of ether oxygens (including phenoxy) is 1. The van der Waals surface area contributed by atoms with Gasteiger partial charge in [-0.25, -0.2) is 13.2 Å². The van der Waals surface area contributed by atoms with Gasteiger partial charge >= 0.3 is 5.97 Å². The molecule has 0 spiro atoms. The second-order valence-electron chi connectivity index (χ2n) is 7.58. The normalized spacial score (nSPS) is 19.6. The third kappa shape index (κ3) is 4.41. The summed E-state index contributed by atoms with van der Waals surface area (Å²) in [6.07, 6.45) is 5.52. The average Bonchev–Trinajstić information content (AvgIpc) is 3.36. The lowest BCUT2D eigenvalue weighted by molar-refractivity contribution is -0.120. The maximum Gasteiger partial charge on any atom is 0.341 e. The van der Waals surface area contributed by atoms with Gasteiger partial charge in [0.05, 0.1) is 17.0 Å². The van der Waals surface area contributed by atoms with E-state index in [-0.39, 0.29) is 10.8 Å². The Bertz CT molecular complexity index is 1110. The number of fused-ring (bicyclic) bond motifs is 1. The molecule has 31 heavy (non-hydrogen) atoms. The van der Waals surface area contributed by atoms with Crippen LogP contribution in [0.1, 0.15) is 52.9 Å². The van der Waals surface area contributed by atoms with Gasteiger partial charge in [0, 0.05) is 11.4 Å². The molecule has 0 saturated carbocycles. The number of hydrogen-bond acceptors (Lipinski definition) is 7. The lowest BCUT2D eigenvalue weighted by Gasteiger charge is -2.33. The number of hydrogen-bond donors (Lipinski definition) is 1. The second kappa shape index (κ2) is 9.19. The summed E-state index contributed by atoms with van der Waals surface area (Å²) in [6.45, 7) is 0.265. The summed E-state index contributed by atoms with van der Waals surface area (Å²) in [5.41, 5.74) is 1.35. The van der Waals surface area contributed by atoms with Crippen molar-refractivity contribution < 1.29 is 22.7 Å². The molecule has 1 fully saturated rings. The first-order valence-corrected chi connectivity index (χ1v) is 13.6. The molecular weight excluding hydrogens is 480 g/mol. The third-order valence-corrected chi connectivity index (χ3v) is 10.5. The van der Waals surface area contributed by atoms with E-state index in [2.05, 4.69) is 5.32 Å². The van der Waals surface area contributed by atoms with Crippen molar-refractivity contribution in [3.63, 3.8) is 0 Å². The van der Waals surface area contributed by atoms with Crippen LogP contribution in [0.3, 0.4) is 0 Å². The van der Waals surface area contributed by atoms with Gasteiger partial charge in [-0.2, -0.15) is 4.31 Å². The molecule has 2 aromatic rings. The van der Waals surface area contributed by atoms with Crippen molar-refractivity contribution in [3.8, 4) is 0 Å². The van der Waals surface area contributed by atoms with Crippen LogP contribution in [0.25, 0.3) is 0 Å². The van der Waals surface area contributed by atoms with Crippen molar-refractivity contribution in [1.29, 1.82) is 0 Å². The smallest absolute Gasteiger partial charge is 0.341 e. The number of thiophene rings is 2. The fourth-order valence-corrected chi connectivity index (χ4v) is 8.72. The molecule has 1 aliphatic carbocycles. The summed E-state index contributed by atoms with van der Waals surface area (Å²) < 4.78 is 33.1. The first kappa shape index (κ1) is 22.7. The summed E-state index contributed by atoms with van der Waals surface area (Å²) in [5.74, 6) is -0.897. The monoisotopic (exact) mass is 502 g/mol. The van der Waals surface area contributed by atoms with Crippen molar-refractivity contribution in [1.82, 2.24) is 4.31 Å². The molecule has 1 atom stereocenters. The molecule has 1 N–H and O–H groups in total. The minimum atomic E-state index is -3.84. The molecule has 1 saturated heterocycles. The number of aryl methyl sites for hydroxylation is 1. The Hall–Kier alpha value is -1.46. The van der Waals surface area contributed by atoms with Crippen molar-refractivity contribution in [2.75, 3.05) is 19.0 Å². The Morgan fingerprint density at radius 3 is 2.65 bits per heavy atom. The number of rotatable bonds is 5. The molecule has 0 aromatic carbocycles. The molecule has 1 amide bonds. The van der Waals surface area contributed by atoms with E-state index in [9.17, 15) is 18.0 Å². The van der Waals surface area contributed by atoms with E-state index in [1.54, 1.807) is 0 Å². The van der Waals surface area contributed by atoms with Crippen LogP contribution in [-0.4, -0.2) is 44.3 Å². The number of nitrogens with zero attached hydrogens (tertiary/aromatic N) is 1. The highest BCUT2D eigenvalue weighted by Crippen LogP contribution is 2.39. The van der Waals surface area contributed by atoms with E-state index >= 15 is 0 Å². The van der Waals surface area contributed by atoms with Crippen LogP contribution >= 0.6 is 34.3 Å². The predicted octanol–water partition coefficient (Wildman–Crippen LogP) is 4.31. The Morgan fingerprint density at radius 2 is 1.94 bits per heavy atom. The summed E-state index contributed by atoms with van der Waals surface area (Å²) in [5, 5.41) is 3.31. The van der Waals surface area contributed by atoms with Crippen molar-refractivity contribution in [2.45, 2.75) is 55.2 Å². The molecule has 11 heteroatoms. The highest BCUT2D eigenvalue weighted by Gasteiger charge is 2.39. The molecule has 2 aliphatic rings. The van der Waals surface area contributed by atoms with Gasteiger partial charge in [-0.1, -0.05) is 18.0 Å². The van der Waals surface area contributed by atoms with Crippen molar-refractivity contribution in [3.05, 3.63) is 32.5 Å². The topological polar surface area (TPSA) is 92.8 Å². The number of methoxy groups -OCH3 is 1. The summed E-state index contributed by atoms with van der Waals surface area (Å²) in [7, 11) is -2.52. The average molecular weight is 503 g/mol. The molecule has 2 aromatic heterocycles. The molecule has 7 nitrogen and oxygen atoms in total. The fourth-order valence-electron chi connectivity index (χ4n) is 4.17. The number of halogens is 1. The third-order valence-electron chi connectivity index (χ3n) is 5.67. The fraction of sp³-hybridized carbons (Fsp3) is 0.500. The van der Waals surface area contributed by atoms with Gasteiger partial charge in [0.25, 0.3) is 10.0 Å². The Kier molecular flexibility index (Phi) is 6.73. The maximum atomic E-state index is 13.3. The van der Waals surface area contributed by atoms with Gasteiger partial charge in [-0.05, 0) is 56.2 Å². The van der Waals surface area contributed by atoms with Gasteiger partial charge in [0.2, 0.25) is 5.91 Å². The van der Waals surface area contributed by atoms with Crippen LogP contribution in [0, 0.1) is 0 Å². The zero-order chi connectivity index (χ0) is 22.2. The van der Waals surface area contributed by atoms with E-state index in [0.29, 0.717) is 27.7 Å². The molecule has 1 aliphatic heterocycles. The van der Waals surface area contributed by atoms with Gasteiger partial charge < -0.3 is 10.1 Å². The van der Waals surface area contributed by atoms with Gasteiger partial charge in [0.1, 0.15) is 15.3 Å². The molecule has 3 heterocycles. The molecular formula is C20H23ClN2O5S3. The number of nitrogens with one attached hydrogen (secondary N) is 1.